The van der Waals surface area contributed by atoms with Gasteiger partial charge in [0.1, 0.15) is 0 Å². The number of hydrogen-bond acceptors (Lipinski definition) is 2. The van der Waals surface area contributed by atoms with E-state index < -0.39 is 0 Å². The standard InChI is InChI=1S/C11H15ClN2/c12-9-3-1-5-11(7-9)14-6-2-4-10(13)8-14/h1,3,5,7,10H,2,4,6,8,13H2. The summed E-state index contributed by atoms with van der Waals surface area (Å²) in [5.74, 6) is 0. The van der Waals surface area contributed by atoms with Gasteiger partial charge in [0.2, 0.25) is 0 Å². The SMILES string of the molecule is NC1CCCN(c2cccc(Cl)c2)C1. The lowest BCUT2D eigenvalue weighted by molar-refractivity contribution is 0.506. The van der Waals surface area contributed by atoms with Crippen molar-refractivity contribution in [3.8, 4) is 0 Å². The molecule has 1 aromatic rings. The second-order valence-corrected chi connectivity index (χ2v) is 4.26. The van der Waals surface area contributed by atoms with Crippen LogP contribution in [0.15, 0.2) is 24.3 Å². The minimum absolute atomic E-state index is 0.308. The molecule has 1 aliphatic rings. The van der Waals surface area contributed by atoms with Crippen LogP contribution in [0.4, 0.5) is 5.69 Å². The minimum Gasteiger partial charge on any atom is -0.370 e. The Labute approximate surface area is 89.7 Å². The highest BCUT2D eigenvalue weighted by Crippen LogP contribution is 2.22. The van der Waals surface area contributed by atoms with Gasteiger partial charge in [-0.1, -0.05) is 17.7 Å². The lowest BCUT2D eigenvalue weighted by atomic mass is 10.1. The van der Waals surface area contributed by atoms with Crippen molar-refractivity contribution in [2.45, 2.75) is 18.9 Å². The molecule has 14 heavy (non-hydrogen) atoms. The smallest absolute Gasteiger partial charge is 0.0426 e. The lowest BCUT2D eigenvalue weighted by Crippen LogP contribution is -2.42. The maximum absolute atomic E-state index is 5.94. The van der Waals surface area contributed by atoms with E-state index in [4.69, 9.17) is 17.3 Å². The summed E-state index contributed by atoms with van der Waals surface area (Å²) in [7, 11) is 0. The van der Waals surface area contributed by atoms with E-state index in [1.54, 1.807) is 0 Å². The highest BCUT2D eigenvalue weighted by atomic mass is 35.5. The molecule has 1 aromatic carbocycles. The van der Waals surface area contributed by atoms with E-state index in [9.17, 15) is 0 Å². The van der Waals surface area contributed by atoms with Gasteiger partial charge in [-0.05, 0) is 31.0 Å². The monoisotopic (exact) mass is 210 g/mol. The normalized spacial score (nSPS) is 22.4. The summed E-state index contributed by atoms with van der Waals surface area (Å²) in [5.41, 5.74) is 7.11. The number of anilines is 1. The molecule has 2 N–H and O–H groups in total. The van der Waals surface area contributed by atoms with E-state index in [-0.39, 0.29) is 0 Å². The zero-order chi connectivity index (χ0) is 9.97. The molecular weight excluding hydrogens is 196 g/mol. The molecule has 0 spiro atoms. The van der Waals surface area contributed by atoms with Crippen LogP contribution in [0.25, 0.3) is 0 Å². The van der Waals surface area contributed by atoms with Gasteiger partial charge in [0.05, 0.1) is 0 Å². The van der Waals surface area contributed by atoms with Gasteiger partial charge in [-0.2, -0.15) is 0 Å². The summed E-state index contributed by atoms with van der Waals surface area (Å²) >= 11 is 5.94. The number of halogens is 1. The minimum atomic E-state index is 0.308. The Balaban J connectivity index is 2.14. The summed E-state index contributed by atoms with van der Waals surface area (Å²) < 4.78 is 0. The second-order valence-electron chi connectivity index (χ2n) is 3.83. The number of nitrogens with two attached hydrogens (primary N) is 1. The lowest BCUT2D eigenvalue weighted by Gasteiger charge is -2.32. The molecule has 0 aliphatic carbocycles. The Morgan fingerprint density at radius 1 is 1.43 bits per heavy atom. The Hall–Kier alpha value is -0.730. The van der Waals surface area contributed by atoms with Gasteiger partial charge in [0.25, 0.3) is 0 Å². The van der Waals surface area contributed by atoms with Gasteiger partial charge in [0, 0.05) is 29.8 Å². The molecule has 1 saturated heterocycles. The molecule has 2 rings (SSSR count). The first-order valence-electron chi connectivity index (χ1n) is 5.02. The van der Waals surface area contributed by atoms with Gasteiger partial charge in [-0.25, -0.2) is 0 Å². The van der Waals surface area contributed by atoms with Crippen molar-refractivity contribution in [1.82, 2.24) is 0 Å². The molecule has 3 heteroatoms. The Morgan fingerprint density at radius 2 is 2.29 bits per heavy atom. The number of benzene rings is 1. The van der Waals surface area contributed by atoms with Crippen LogP contribution < -0.4 is 10.6 Å². The zero-order valence-corrected chi connectivity index (χ0v) is 8.87. The fraction of sp³-hybridized carbons (Fsp3) is 0.455. The fourth-order valence-corrected chi connectivity index (χ4v) is 2.10. The van der Waals surface area contributed by atoms with Gasteiger partial charge in [-0.3, -0.25) is 0 Å². The highest BCUT2D eigenvalue weighted by molar-refractivity contribution is 6.30. The zero-order valence-electron chi connectivity index (χ0n) is 8.12. The highest BCUT2D eigenvalue weighted by Gasteiger charge is 2.16. The Morgan fingerprint density at radius 3 is 3.00 bits per heavy atom. The van der Waals surface area contributed by atoms with Gasteiger partial charge < -0.3 is 10.6 Å². The van der Waals surface area contributed by atoms with Crippen molar-refractivity contribution in [2.24, 2.45) is 5.73 Å². The number of piperidine rings is 1. The molecule has 76 valence electrons. The molecule has 0 aromatic heterocycles. The Bertz CT molecular complexity index is 314. The van der Waals surface area contributed by atoms with Crippen LogP contribution in [0.2, 0.25) is 5.02 Å². The van der Waals surface area contributed by atoms with Crippen LogP contribution in [0.1, 0.15) is 12.8 Å². The molecule has 1 unspecified atom stereocenters. The van der Waals surface area contributed by atoms with Crippen molar-refractivity contribution in [1.29, 1.82) is 0 Å². The molecular formula is C11H15ClN2. The maximum atomic E-state index is 5.94. The van der Waals surface area contributed by atoms with Crippen LogP contribution in [-0.2, 0) is 0 Å². The van der Waals surface area contributed by atoms with Crippen LogP contribution in [-0.4, -0.2) is 19.1 Å². The first kappa shape index (κ1) is 9.81. The predicted octanol–water partition coefficient (Wildman–Crippen LogP) is 2.27. The summed E-state index contributed by atoms with van der Waals surface area (Å²) in [6.07, 6.45) is 2.31. The quantitative estimate of drug-likeness (QED) is 0.771. The first-order valence-corrected chi connectivity index (χ1v) is 5.39. The molecule has 1 aliphatic heterocycles. The summed E-state index contributed by atoms with van der Waals surface area (Å²) in [5, 5.41) is 0.793. The van der Waals surface area contributed by atoms with E-state index >= 15 is 0 Å². The van der Waals surface area contributed by atoms with E-state index in [2.05, 4.69) is 11.0 Å². The number of nitrogens with zero attached hydrogens (tertiary/aromatic N) is 1. The summed E-state index contributed by atoms with van der Waals surface area (Å²) in [4.78, 5) is 2.31. The molecule has 0 bridgehead atoms. The molecule has 1 fully saturated rings. The molecule has 2 nitrogen and oxygen atoms in total. The topological polar surface area (TPSA) is 29.3 Å². The van der Waals surface area contributed by atoms with E-state index in [1.807, 2.05) is 18.2 Å². The molecule has 0 amide bonds. The van der Waals surface area contributed by atoms with Crippen LogP contribution in [0.5, 0.6) is 0 Å². The second kappa shape index (κ2) is 4.20. The maximum Gasteiger partial charge on any atom is 0.0426 e. The van der Waals surface area contributed by atoms with Crippen molar-refractivity contribution >= 4 is 17.3 Å². The molecule has 0 radical (unpaired) electrons. The van der Waals surface area contributed by atoms with E-state index in [0.717, 1.165) is 24.5 Å². The third kappa shape index (κ3) is 2.20. The summed E-state index contributed by atoms with van der Waals surface area (Å²) in [6, 6.07) is 8.28. The molecule has 1 atom stereocenters. The fourth-order valence-electron chi connectivity index (χ4n) is 1.92. The third-order valence-electron chi connectivity index (χ3n) is 2.63. The number of hydrogen-bond donors (Lipinski definition) is 1. The average molecular weight is 211 g/mol. The van der Waals surface area contributed by atoms with Crippen molar-refractivity contribution in [2.75, 3.05) is 18.0 Å². The van der Waals surface area contributed by atoms with E-state index in [0.29, 0.717) is 6.04 Å². The van der Waals surface area contributed by atoms with E-state index in [1.165, 1.54) is 12.1 Å². The van der Waals surface area contributed by atoms with Crippen molar-refractivity contribution < 1.29 is 0 Å². The largest absolute Gasteiger partial charge is 0.370 e. The third-order valence-corrected chi connectivity index (χ3v) is 2.87. The Kier molecular flexibility index (Phi) is 2.94. The van der Waals surface area contributed by atoms with Crippen LogP contribution in [0.3, 0.4) is 0 Å². The van der Waals surface area contributed by atoms with Crippen molar-refractivity contribution in [3.63, 3.8) is 0 Å². The van der Waals surface area contributed by atoms with Gasteiger partial charge in [-0.15, -0.1) is 0 Å². The first-order chi connectivity index (χ1) is 6.75. The summed E-state index contributed by atoms with van der Waals surface area (Å²) in [6.45, 7) is 2.04. The number of rotatable bonds is 1. The van der Waals surface area contributed by atoms with Gasteiger partial charge >= 0.3 is 0 Å². The molecule has 0 saturated carbocycles. The average Bonchev–Trinajstić information content (AvgIpc) is 2.18. The molecule has 1 heterocycles. The van der Waals surface area contributed by atoms with Crippen molar-refractivity contribution in [3.05, 3.63) is 29.3 Å². The van der Waals surface area contributed by atoms with Crippen LogP contribution in [0, 0.1) is 0 Å². The van der Waals surface area contributed by atoms with Crippen LogP contribution >= 0.6 is 11.6 Å². The predicted molar refractivity (Wildman–Crippen MR) is 60.9 cm³/mol. The van der Waals surface area contributed by atoms with Gasteiger partial charge in [0.15, 0.2) is 0 Å².